The summed E-state index contributed by atoms with van der Waals surface area (Å²) in [6.45, 7) is 4.99. The summed E-state index contributed by atoms with van der Waals surface area (Å²) in [5.74, 6) is 0.581. The monoisotopic (exact) mass is 251 g/mol. The summed E-state index contributed by atoms with van der Waals surface area (Å²) in [4.78, 5) is 0. The molecule has 1 N–H and O–H groups in total. The van der Waals surface area contributed by atoms with Gasteiger partial charge in [-0.15, -0.1) is 0 Å². The van der Waals surface area contributed by atoms with Gasteiger partial charge < -0.3 is 10.1 Å². The highest BCUT2D eigenvalue weighted by molar-refractivity contribution is 5.17. The molecule has 1 aliphatic rings. The number of ether oxygens (including phenoxy) is 1. The van der Waals surface area contributed by atoms with Gasteiger partial charge in [0, 0.05) is 19.3 Å². The average Bonchev–Trinajstić information content (AvgIpc) is 2.38. The van der Waals surface area contributed by atoms with Gasteiger partial charge in [-0.3, -0.25) is 0 Å². The summed E-state index contributed by atoms with van der Waals surface area (Å²) in [5.41, 5.74) is 1.06. The third-order valence-corrected chi connectivity index (χ3v) is 3.53. The van der Waals surface area contributed by atoms with Gasteiger partial charge in [-0.25, -0.2) is 4.39 Å². The third-order valence-electron chi connectivity index (χ3n) is 3.53. The van der Waals surface area contributed by atoms with Crippen LogP contribution in [0.2, 0.25) is 0 Å². The van der Waals surface area contributed by atoms with Gasteiger partial charge in [0.25, 0.3) is 0 Å². The van der Waals surface area contributed by atoms with E-state index >= 15 is 0 Å². The second-order valence-electron chi connectivity index (χ2n) is 5.20. The zero-order valence-electron chi connectivity index (χ0n) is 11.0. The van der Waals surface area contributed by atoms with Crippen molar-refractivity contribution < 1.29 is 9.13 Å². The van der Waals surface area contributed by atoms with Crippen LogP contribution in [-0.2, 0) is 11.2 Å². The summed E-state index contributed by atoms with van der Waals surface area (Å²) >= 11 is 0. The Hall–Kier alpha value is -0.930. The zero-order chi connectivity index (χ0) is 12.8. The van der Waals surface area contributed by atoms with E-state index in [1.807, 2.05) is 6.07 Å². The molecule has 0 aromatic heterocycles. The molecule has 0 bridgehead atoms. The zero-order valence-corrected chi connectivity index (χ0v) is 11.0. The summed E-state index contributed by atoms with van der Waals surface area (Å²) in [7, 11) is 0. The first-order chi connectivity index (χ1) is 8.74. The molecule has 1 aromatic carbocycles. The van der Waals surface area contributed by atoms with Gasteiger partial charge in [0.05, 0.1) is 0 Å². The highest BCUT2D eigenvalue weighted by Gasteiger charge is 2.14. The lowest BCUT2D eigenvalue weighted by Crippen LogP contribution is -2.34. The largest absolute Gasteiger partial charge is 0.381 e. The smallest absolute Gasteiger partial charge is 0.123 e. The van der Waals surface area contributed by atoms with E-state index < -0.39 is 0 Å². The molecule has 2 rings (SSSR count). The minimum absolute atomic E-state index is 0.149. The fourth-order valence-corrected chi connectivity index (χ4v) is 2.41. The van der Waals surface area contributed by atoms with E-state index in [2.05, 4.69) is 12.2 Å². The third kappa shape index (κ3) is 4.39. The molecule has 0 spiro atoms. The molecule has 0 amide bonds. The second-order valence-corrected chi connectivity index (χ2v) is 5.20. The molecule has 3 heteroatoms. The molecular formula is C15H22FNO. The number of hydrogen-bond acceptors (Lipinski definition) is 2. The van der Waals surface area contributed by atoms with Crippen LogP contribution in [0.15, 0.2) is 24.3 Å². The molecule has 1 heterocycles. The van der Waals surface area contributed by atoms with Crippen molar-refractivity contribution in [3.63, 3.8) is 0 Å². The lowest BCUT2D eigenvalue weighted by molar-refractivity contribution is 0.0656. The predicted octanol–water partition coefficient (Wildman–Crippen LogP) is 2.77. The van der Waals surface area contributed by atoms with E-state index in [4.69, 9.17) is 4.74 Å². The van der Waals surface area contributed by atoms with Crippen LogP contribution in [0.3, 0.4) is 0 Å². The molecule has 0 aliphatic carbocycles. The number of nitrogens with one attached hydrogen (secondary N) is 1. The van der Waals surface area contributed by atoms with Crippen LogP contribution in [0.1, 0.15) is 25.3 Å². The van der Waals surface area contributed by atoms with Crippen LogP contribution in [0.4, 0.5) is 4.39 Å². The normalized spacial score (nSPS) is 18.8. The number of halogens is 1. The Labute approximate surface area is 109 Å². The lowest BCUT2D eigenvalue weighted by Gasteiger charge is -2.24. The fraction of sp³-hybridized carbons (Fsp3) is 0.600. The van der Waals surface area contributed by atoms with Crippen LogP contribution in [0.5, 0.6) is 0 Å². The van der Waals surface area contributed by atoms with E-state index in [-0.39, 0.29) is 5.82 Å². The van der Waals surface area contributed by atoms with Gasteiger partial charge in [-0.2, -0.15) is 0 Å². The molecule has 1 unspecified atom stereocenters. The molecule has 1 aliphatic heterocycles. The molecule has 0 radical (unpaired) electrons. The molecule has 0 saturated carbocycles. The summed E-state index contributed by atoms with van der Waals surface area (Å²) in [5, 5.41) is 3.54. The van der Waals surface area contributed by atoms with Crippen molar-refractivity contribution in [2.75, 3.05) is 19.8 Å². The summed E-state index contributed by atoms with van der Waals surface area (Å²) in [6, 6.07) is 7.25. The van der Waals surface area contributed by atoms with Gasteiger partial charge in [0.1, 0.15) is 5.82 Å². The van der Waals surface area contributed by atoms with Crippen LogP contribution < -0.4 is 5.32 Å². The van der Waals surface area contributed by atoms with Crippen LogP contribution in [0.25, 0.3) is 0 Å². The van der Waals surface area contributed by atoms with Crippen LogP contribution >= 0.6 is 0 Å². The van der Waals surface area contributed by atoms with Crippen molar-refractivity contribution in [1.29, 1.82) is 0 Å². The maximum atomic E-state index is 13.1. The molecule has 1 fully saturated rings. The Kier molecular flexibility index (Phi) is 5.14. The van der Waals surface area contributed by atoms with Crippen molar-refractivity contribution in [1.82, 2.24) is 5.32 Å². The maximum Gasteiger partial charge on any atom is 0.123 e. The molecule has 18 heavy (non-hydrogen) atoms. The van der Waals surface area contributed by atoms with Crippen LogP contribution in [0, 0.1) is 11.7 Å². The number of rotatable bonds is 5. The van der Waals surface area contributed by atoms with Gasteiger partial charge in [0.2, 0.25) is 0 Å². The van der Waals surface area contributed by atoms with Crippen molar-refractivity contribution in [3.05, 3.63) is 35.6 Å². The maximum absolute atomic E-state index is 13.1. The van der Waals surface area contributed by atoms with Crippen molar-refractivity contribution in [2.45, 2.75) is 32.2 Å². The summed E-state index contributed by atoms with van der Waals surface area (Å²) < 4.78 is 18.4. The highest BCUT2D eigenvalue weighted by Crippen LogP contribution is 2.14. The minimum atomic E-state index is -0.149. The molecule has 1 atom stereocenters. The Morgan fingerprint density at radius 3 is 2.89 bits per heavy atom. The Bertz CT molecular complexity index is 363. The van der Waals surface area contributed by atoms with Crippen molar-refractivity contribution >= 4 is 0 Å². The topological polar surface area (TPSA) is 21.3 Å². The highest BCUT2D eigenvalue weighted by atomic mass is 19.1. The predicted molar refractivity (Wildman–Crippen MR) is 71.1 cm³/mol. The quantitative estimate of drug-likeness (QED) is 0.869. The Balaban J connectivity index is 1.72. The van der Waals surface area contributed by atoms with Crippen molar-refractivity contribution in [2.24, 2.45) is 5.92 Å². The van der Waals surface area contributed by atoms with Crippen LogP contribution in [-0.4, -0.2) is 25.8 Å². The first kappa shape index (κ1) is 13.5. The molecule has 2 nitrogen and oxygen atoms in total. The molecule has 100 valence electrons. The molecule has 1 aromatic rings. The van der Waals surface area contributed by atoms with Gasteiger partial charge >= 0.3 is 0 Å². The number of benzene rings is 1. The minimum Gasteiger partial charge on any atom is -0.381 e. The van der Waals surface area contributed by atoms with Crippen molar-refractivity contribution in [3.8, 4) is 0 Å². The van der Waals surface area contributed by atoms with Gasteiger partial charge in [-0.1, -0.05) is 12.1 Å². The second kappa shape index (κ2) is 6.86. The Morgan fingerprint density at radius 1 is 1.39 bits per heavy atom. The molecular weight excluding hydrogens is 229 g/mol. The van der Waals surface area contributed by atoms with E-state index in [9.17, 15) is 4.39 Å². The fourth-order valence-electron chi connectivity index (χ4n) is 2.41. The van der Waals surface area contributed by atoms with E-state index in [0.717, 1.165) is 50.5 Å². The Morgan fingerprint density at radius 2 is 2.17 bits per heavy atom. The van der Waals surface area contributed by atoms with E-state index in [0.29, 0.717) is 6.04 Å². The summed E-state index contributed by atoms with van der Waals surface area (Å²) in [6.07, 6.45) is 3.18. The average molecular weight is 251 g/mol. The van der Waals surface area contributed by atoms with E-state index in [1.165, 1.54) is 6.07 Å². The lowest BCUT2D eigenvalue weighted by atomic mass is 9.99. The van der Waals surface area contributed by atoms with E-state index in [1.54, 1.807) is 12.1 Å². The first-order valence-corrected chi connectivity index (χ1v) is 6.79. The van der Waals surface area contributed by atoms with Gasteiger partial charge in [-0.05, 0) is 56.3 Å². The standard InChI is InChI=1S/C15H22FNO/c1-12(9-14-3-2-4-15(16)10-14)17-11-13-5-7-18-8-6-13/h2-4,10,12-13,17H,5-9,11H2,1H3. The number of hydrogen-bond donors (Lipinski definition) is 1. The van der Waals surface area contributed by atoms with Gasteiger partial charge in [0.15, 0.2) is 0 Å². The SMILES string of the molecule is CC(Cc1cccc(F)c1)NCC1CCOCC1. The molecule has 1 saturated heterocycles. The first-order valence-electron chi connectivity index (χ1n) is 6.79.